The number of nitrogens with one attached hydrogen (secondary N) is 1. The van der Waals surface area contributed by atoms with Gasteiger partial charge in [-0.2, -0.15) is 5.26 Å². The van der Waals surface area contributed by atoms with E-state index in [0.29, 0.717) is 5.56 Å². The Balaban J connectivity index is 1.90. The zero-order chi connectivity index (χ0) is 14.5. The molecule has 1 fully saturated rings. The number of aromatic nitrogens is 1. The van der Waals surface area contributed by atoms with Gasteiger partial charge < -0.3 is 10.2 Å². The zero-order valence-electron chi connectivity index (χ0n) is 12.6. The number of hydrogen-bond donors (Lipinski definition) is 1. The molecule has 1 aliphatic rings. The summed E-state index contributed by atoms with van der Waals surface area (Å²) in [6.45, 7) is 10.2. The first-order valence-corrected chi connectivity index (χ1v) is 7.13. The van der Waals surface area contributed by atoms with E-state index in [1.807, 2.05) is 19.9 Å². The summed E-state index contributed by atoms with van der Waals surface area (Å²) in [5, 5.41) is 12.5. The minimum atomic E-state index is 0.661. The molecule has 1 aromatic rings. The third-order valence-electron chi connectivity index (χ3n) is 3.77. The second kappa shape index (κ2) is 6.69. The third-order valence-corrected chi connectivity index (χ3v) is 3.77. The monoisotopic (exact) mass is 273 g/mol. The summed E-state index contributed by atoms with van der Waals surface area (Å²) >= 11 is 0. The number of nitrogens with zero attached hydrogens (tertiary/aromatic N) is 4. The van der Waals surface area contributed by atoms with E-state index in [0.717, 1.165) is 56.3 Å². The molecule has 0 bridgehead atoms. The van der Waals surface area contributed by atoms with Crippen LogP contribution in [-0.2, 0) is 0 Å². The van der Waals surface area contributed by atoms with E-state index in [1.165, 1.54) is 0 Å². The van der Waals surface area contributed by atoms with Crippen molar-refractivity contribution in [3.8, 4) is 6.07 Å². The van der Waals surface area contributed by atoms with Gasteiger partial charge in [0.1, 0.15) is 11.9 Å². The number of rotatable bonds is 4. The Labute approximate surface area is 121 Å². The first kappa shape index (κ1) is 14.8. The molecule has 0 unspecified atom stereocenters. The number of piperazine rings is 1. The average molecular weight is 273 g/mol. The second-order valence-electron chi connectivity index (χ2n) is 5.49. The van der Waals surface area contributed by atoms with Crippen LogP contribution in [0.25, 0.3) is 0 Å². The molecule has 0 aromatic carbocycles. The smallest absolute Gasteiger partial charge is 0.144 e. The molecule has 20 heavy (non-hydrogen) atoms. The molecular weight excluding hydrogens is 250 g/mol. The Kier molecular flexibility index (Phi) is 4.94. The summed E-state index contributed by atoms with van der Waals surface area (Å²) in [6.07, 6.45) is 0. The number of hydrogen-bond acceptors (Lipinski definition) is 5. The van der Waals surface area contributed by atoms with Crippen molar-refractivity contribution in [2.24, 2.45) is 0 Å². The molecular formula is C15H23N5. The van der Waals surface area contributed by atoms with Gasteiger partial charge in [-0.15, -0.1) is 0 Å². The van der Waals surface area contributed by atoms with Gasteiger partial charge in [0.2, 0.25) is 0 Å². The van der Waals surface area contributed by atoms with Crippen molar-refractivity contribution < 1.29 is 0 Å². The Morgan fingerprint density at radius 2 is 2.00 bits per heavy atom. The number of likely N-dealkylation sites (N-methyl/N-ethyl adjacent to an activating group) is 1. The van der Waals surface area contributed by atoms with Crippen molar-refractivity contribution in [3.05, 3.63) is 22.9 Å². The first-order chi connectivity index (χ1) is 9.60. The van der Waals surface area contributed by atoms with Crippen LogP contribution in [0.15, 0.2) is 6.07 Å². The Bertz CT molecular complexity index is 498. The third kappa shape index (κ3) is 3.69. The molecule has 0 atom stereocenters. The van der Waals surface area contributed by atoms with Gasteiger partial charge in [-0.3, -0.25) is 4.90 Å². The van der Waals surface area contributed by atoms with E-state index in [1.54, 1.807) is 0 Å². The predicted molar refractivity (Wildman–Crippen MR) is 80.9 cm³/mol. The fraction of sp³-hybridized carbons (Fsp3) is 0.600. The normalized spacial score (nSPS) is 16.9. The average Bonchev–Trinajstić information content (AvgIpc) is 2.40. The maximum Gasteiger partial charge on any atom is 0.144 e. The van der Waals surface area contributed by atoms with Gasteiger partial charge in [0.25, 0.3) is 0 Å². The van der Waals surface area contributed by atoms with Crippen LogP contribution in [0.3, 0.4) is 0 Å². The van der Waals surface area contributed by atoms with Crippen LogP contribution in [0, 0.1) is 25.2 Å². The van der Waals surface area contributed by atoms with E-state index in [2.05, 4.69) is 33.2 Å². The van der Waals surface area contributed by atoms with Crippen LogP contribution in [0.4, 0.5) is 5.82 Å². The Morgan fingerprint density at radius 1 is 1.30 bits per heavy atom. The maximum absolute atomic E-state index is 9.22. The molecule has 1 saturated heterocycles. The fourth-order valence-electron chi connectivity index (χ4n) is 2.51. The van der Waals surface area contributed by atoms with E-state index in [9.17, 15) is 5.26 Å². The van der Waals surface area contributed by atoms with Gasteiger partial charge in [0.15, 0.2) is 0 Å². The Morgan fingerprint density at radius 3 is 2.65 bits per heavy atom. The summed E-state index contributed by atoms with van der Waals surface area (Å²) in [5.74, 6) is 0.721. The predicted octanol–water partition coefficient (Wildman–Crippen LogP) is 1.23. The number of nitriles is 1. The SMILES string of the molecule is Cc1cc(C)c(C#N)c(NCCN2CCN(C)CC2)n1. The van der Waals surface area contributed by atoms with Crippen molar-refractivity contribution in [1.29, 1.82) is 5.26 Å². The highest BCUT2D eigenvalue weighted by Crippen LogP contribution is 2.17. The van der Waals surface area contributed by atoms with Crippen LogP contribution in [0.5, 0.6) is 0 Å². The first-order valence-electron chi connectivity index (χ1n) is 7.13. The van der Waals surface area contributed by atoms with E-state index < -0.39 is 0 Å². The lowest BCUT2D eigenvalue weighted by atomic mass is 10.1. The molecule has 0 amide bonds. The quantitative estimate of drug-likeness (QED) is 0.894. The summed E-state index contributed by atoms with van der Waals surface area (Å²) in [4.78, 5) is 9.24. The van der Waals surface area contributed by atoms with Gasteiger partial charge in [-0.05, 0) is 32.5 Å². The lowest BCUT2D eigenvalue weighted by Crippen LogP contribution is -2.45. The fourth-order valence-corrected chi connectivity index (χ4v) is 2.51. The Hall–Kier alpha value is -1.64. The van der Waals surface area contributed by atoms with E-state index in [-0.39, 0.29) is 0 Å². The molecule has 2 heterocycles. The largest absolute Gasteiger partial charge is 0.368 e. The molecule has 0 radical (unpaired) electrons. The number of pyridine rings is 1. The highest BCUT2D eigenvalue weighted by molar-refractivity contribution is 5.56. The number of aryl methyl sites for hydroxylation is 2. The molecule has 2 rings (SSSR count). The molecule has 0 spiro atoms. The molecule has 5 nitrogen and oxygen atoms in total. The van der Waals surface area contributed by atoms with Crippen molar-refractivity contribution in [2.45, 2.75) is 13.8 Å². The summed E-state index contributed by atoms with van der Waals surface area (Å²) in [6, 6.07) is 4.19. The minimum absolute atomic E-state index is 0.661. The topological polar surface area (TPSA) is 55.2 Å². The van der Waals surface area contributed by atoms with Crippen molar-refractivity contribution in [3.63, 3.8) is 0 Å². The van der Waals surface area contributed by atoms with Gasteiger partial charge in [0.05, 0.1) is 5.56 Å². The highest BCUT2D eigenvalue weighted by Gasteiger charge is 2.13. The highest BCUT2D eigenvalue weighted by atomic mass is 15.2. The molecule has 5 heteroatoms. The molecule has 1 aromatic heterocycles. The van der Waals surface area contributed by atoms with Gasteiger partial charge >= 0.3 is 0 Å². The summed E-state index contributed by atoms with van der Waals surface area (Å²) < 4.78 is 0. The molecule has 1 aliphatic heterocycles. The molecule has 1 N–H and O–H groups in total. The van der Waals surface area contributed by atoms with Crippen LogP contribution in [0.1, 0.15) is 16.8 Å². The van der Waals surface area contributed by atoms with Crippen molar-refractivity contribution in [2.75, 3.05) is 51.6 Å². The van der Waals surface area contributed by atoms with Gasteiger partial charge in [0, 0.05) is 45.0 Å². The lowest BCUT2D eigenvalue weighted by Gasteiger charge is -2.32. The molecule has 0 saturated carbocycles. The molecule has 0 aliphatic carbocycles. The van der Waals surface area contributed by atoms with Crippen molar-refractivity contribution in [1.82, 2.24) is 14.8 Å². The maximum atomic E-state index is 9.22. The van der Waals surface area contributed by atoms with E-state index >= 15 is 0 Å². The lowest BCUT2D eigenvalue weighted by molar-refractivity contribution is 0.158. The molecule has 108 valence electrons. The zero-order valence-corrected chi connectivity index (χ0v) is 12.6. The second-order valence-corrected chi connectivity index (χ2v) is 5.49. The summed E-state index contributed by atoms with van der Waals surface area (Å²) in [7, 11) is 2.16. The van der Waals surface area contributed by atoms with Crippen LogP contribution in [0.2, 0.25) is 0 Å². The minimum Gasteiger partial charge on any atom is -0.368 e. The van der Waals surface area contributed by atoms with Crippen molar-refractivity contribution >= 4 is 5.82 Å². The van der Waals surface area contributed by atoms with Crippen LogP contribution in [-0.4, -0.2) is 61.1 Å². The standard InChI is InChI=1S/C15H23N5/c1-12-10-13(2)18-15(14(12)11-16)17-4-5-20-8-6-19(3)7-9-20/h10H,4-9H2,1-3H3,(H,17,18). The summed E-state index contributed by atoms with van der Waals surface area (Å²) in [5.41, 5.74) is 2.60. The van der Waals surface area contributed by atoms with Crippen LogP contribution >= 0.6 is 0 Å². The number of anilines is 1. The van der Waals surface area contributed by atoms with Crippen LogP contribution < -0.4 is 5.32 Å². The van der Waals surface area contributed by atoms with E-state index in [4.69, 9.17) is 0 Å². The van der Waals surface area contributed by atoms with Gasteiger partial charge in [-0.1, -0.05) is 0 Å². The van der Waals surface area contributed by atoms with Gasteiger partial charge in [-0.25, -0.2) is 4.98 Å².